The van der Waals surface area contributed by atoms with Crippen LogP contribution in [0.1, 0.15) is 10.5 Å². The number of nitrogens with zero attached hydrogens (tertiary/aromatic N) is 4. The highest BCUT2D eigenvalue weighted by Gasteiger charge is 2.26. The number of para-hydroxylation sites is 1. The van der Waals surface area contributed by atoms with E-state index in [1.165, 1.54) is 16.8 Å². The van der Waals surface area contributed by atoms with E-state index >= 15 is 0 Å². The van der Waals surface area contributed by atoms with Gasteiger partial charge in [0, 0.05) is 38.9 Å². The summed E-state index contributed by atoms with van der Waals surface area (Å²) in [6.45, 7) is 2.36. The van der Waals surface area contributed by atoms with Crippen LogP contribution in [-0.2, 0) is 7.05 Å². The van der Waals surface area contributed by atoms with Gasteiger partial charge in [0.25, 0.3) is 5.91 Å². The summed E-state index contributed by atoms with van der Waals surface area (Å²) in [6, 6.07) is 13.9. The Balaban J connectivity index is 1.59. The molecule has 4 rings (SSSR count). The second-order valence-electron chi connectivity index (χ2n) is 6.58. The first-order valence-electron chi connectivity index (χ1n) is 8.80. The summed E-state index contributed by atoms with van der Waals surface area (Å²) < 4.78 is 15.0. The Morgan fingerprint density at radius 2 is 1.74 bits per heavy atom. The Labute approximate surface area is 155 Å². The maximum atomic E-state index is 13.6. The highest BCUT2D eigenvalue weighted by Crippen LogP contribution is 2.17. The number of aryl methyl sites for hydroxylation is 1. The number of carbonyl (C=O) groups excluding carboxylic acids is 1. The number of fused-ring (bicyclic) bond motifs is 1. The fourth-order valence-electron chi connectivity index (χ4n) is 3.45. The predicted molar refractivity (Wildman–Crippen MR) is 102 cm³/mol. The molecule has 1 saturated heterocycles. The number of benzene rings is 2. The Morgan fingerprint density at radius 1 is 1.04 bits per heavy atom. The molecule has 0 unspecified atom stereocenters. The van der Waals surface area contributed by atoms with Gasteiger partial charge in [-0.05, 0) is 30.3 Å². The number of halogens is 1. The molecule has 0 radical (unpaired) electrons. The minimum Gasteiger partial charge on any atom is -0.368 e. The van der Waals surface area contributed by atoms with Crippen molar-refractivity contribution in [1.82, 2.24) is 14.7 Å². The summed E-state index contributed by atoms with van der Waals surface area (Å²) in [5.41, 5.74) is 0.911. The van der Waals surface area contributed by atoms with Crippen LogP contribution in [0.5, 0.6) is 0 Å². The van der Waals surface area contributed by atoms with E-state index in [0.717, 1.165) is 11.8 Å². The van der Waals surface area contributed by atoms with Crippen molar-refractivity contribution in [1.29, 1.82) is 0 Å². The second-order valence-corrected chi connectivity index (χ2v) is 6.58. The Morgan fingerprint density at radius 3 is 2.44 bits per heavy atom. The van der Waals surface area contributed by atoms with Crippen LogP contribution >= 0.6 is 0 Å². The van der Waals surface area contributed by atoms with E-state index in [1.54, 1.807) is 11.9 Å². The molecule has 2 heterocycles. The van der Waals surface area contributed by atoms with Crippen LogP contribution in [0, 0.1) is 5.82 Å². The molecule has 0 aliphatic carbocycles. The molecule has 0 N–H and O–H groups in total. The molecule has 1 amide bonds. The van der Waals surface area contributed by atoms with E-state index in [9.17, 15) is 14.0 Å². The third kappa shape index (κ3) is 3.16. The van der Waals surface area contributed by atoms with Gasteiger partial charge < -0.3 is 9.80 Å². The zero-order chi connectivity index (χ0) is 19.0. The smallest absolute Gasteiger partial charge is 0.278 e. The van der Waals surface area contributed by atoms with Crippen molar-refractivity contribution in [2.24, 2.45) is 7.05 Å². The molecule has 1 fully saturated rings. The van der Waals surface area contributed by atoms with Gasteiger partial charge in [-0.25, -0.2) is 4.39 Å². The third-order valence-electron chi connectivity index (χ3n) is 4.91. The molecular weight excluding hydrogens is 347 g/mol. The summed E-state index contributed by atoms with van der Waals surface area (Å²) in [4.78, 5) is 29.4. The standard InChI is InChI=1S/C20H19FN4O2/c1-23-17-8-7-14(21)13-16(17)19(26)18(22-23)20(27)25-11-9-24(10-12-25)15-5-3-2-4-6-15/h2-8,13H,9-12H2,1H3. The Hall–Kier alpha value is -3.22. The molecule has 1 aliphatic heterocycles. The van der Waals surface area contributed by atoms with E-state index in [0.29, 0.717) is 31.7 Å². The molecule has 6 nitrogen and oxygen atoms in total. The number of hydrogen-bond donors (Lipinski definition) is 0. The zero-order valence-electron chi connectivity index (χ0n) is 14.9. The maximum Gasteiger partial charge on any atom is 0.278 e. The quantitative estimate of drug-likeness (QED) is 0.696. The first-order chi connectivity index (χ1) is 13.0. The van der Waals surface area contributed by atoms with Gasteiger partial charge in [-0.1, -0.05) is 18.2 Å². The minimum atomic E-state index is -0.530. The van der Waals surface area contributed by atoms with Gasteiger partial charge in [0.15, 0.2) is 5.69 Å². The Bertz CT molecular complexity index is 1060. The number of aromatic nitrogens is 2. The van der Waals surface area contributed by atoms with Crippen LogP contribution in [-0.4, -0.2) is 46.8 Å². The van der Waals surface area contributed by atoms with Gasteiger partial charge >= 0.3 is 0 Å². The number of rotatable bonds is 2. The highest BCUT2D eigenvalue weighted by atomic mass is 19.1. The van der Waals surface area contributed by atoms with Crippen molar-refractivity contribution in [2.45, 2.75) is 0 Å². The molecular formula is C20H19FN4O2. The topological polar surface area (TPSA) is 58.4 Å². The van der Waals surface area contributed by atoms with Crippen LogP contribution < -0.4 is 10.3 Å². The molecule has 0 saturated carbocycles. The van der Waals surface area contributed by atoms with Crippen LogP contribution in [0.4, 0.5) is 10.1 Å². The van der Waals surface area contributed by atoms with Gasteiger partial charge in [-0.3, -0.25) is 14.3 Å². The number of anilines is 1. The second kappa shape index (κ2) is 6.83. The SMILES string of the molecule is Cn1nc(C(=O)N2CCN(c3ccccc3)CC2)c(=O)c2cc(F)ccc21. The van der Waals surface area contributed by atoms with E-state index < -0.39 is 17.2 Å². The fourth-order valence-corrected chi connectivity index (χ4v) is 3.45. The van der Waals surface area contributed by atoms with E-state index in [2.05, 4.69) is 10.00 Å². The lowest BCUT2D eigenvalue weighted by atomic mass is 10.1. The third-order valence-corrected chi connectivity index (χ3v) is 4.91. The van der Waals surface area contributed by atoms with Gasteiger partial charge in [0.05, 0.1) is 10.9 Å². The molecule has 3 aromatic rings. The van der Waals surface area contributed by atoms with Crippen molar-refractivity contribution >= 4 is 22.5 Å². The van der Waals surface area contributed by atoms with Crippen molar-refractivity contribution < 1.29 is 9.18 Å². The maximum absolute atomic E-state index is 13.6. The van der Waals surface area contributed by atoms with Gasteiger partial charge in [0.2, 0.25) is 5.43 Å². The summed E-state index contributed by atoms with van der Waals surface area (Å²) in [5, 5.41) is 4.33. The lowest BCUT2D eigenvalue weighted by Gasteiger charge is -2.35. The fraction of sp³-hybridized carbons (Fsp3) is 0.250. The highest BCUT2D eigenvalue weighted by molar-refractivity contribution is 5.95. The molecule has 7 heteroatoms. The molecule has 0 spiro atoms. The van der Waals surface area contributed by atoms with Crippen molar-refractivity contribution in [3.63, 3.8) is 0 Å². The average Bonchev–Trinajstić information content (AvgIpc) is 2.71. The number of piperazine rings is 1. The molecule has 0 atom stereocenters. The zero-order valence-corrected chi connectivity index (χ0v) is 14.9. The summed E-state index contributed by atoms with van der Waals surface area (Å²) in [7, 11) is 1.64. The molecule has 138 valence electrons. The Kier molecular flexibility index (Phi) is 4.35. The molecule has 2 aromatic carbocycles. The largest absolute Gasteiger partial charge is 0.368 e. The number of hydrogen-bond acceptors (Lipinski definition) is 4. The van der Waals surface area contributed by atoms with Gasteiger partial charge in [-0.15, -0.1) is 0 Å². The van der Waals surface area contributed by atoms with Crippen molar-refractivity contribution in [3.05, 3.63) is 70.3 Å². The normalized spacial score (nSPS) is 14.6. The predicted octanol–water partition coefficient (Wildman–Crippen LogP) is 2.04. The molecule has 0 bridgehead atoms. The van der Waals surface area contributed by atoms with E-state index in [4.69, 9.17) is 0 Å². The monoisotopic (exact) mass is 366 g/mol. The minimum absolute atomic E-state index is 0.163. The van der Waals surface area contributed by atoms with Gasteiger partial charge in [-0.2, -0.15) is 5.10 Å². The first kappa shape index (κ1) is 17.2. The van der Waals surface area contributed by atoms with Gasteiger partial charge in [0.1, 0.15) is 5.82 Å². The lowest BCUT2D eigenvalue weighted by Crippen LogP contribution is -2.50. The number of amides is 1. The number of carbonyl (C=O) groups is 1. The lowest BCUT2D eigenvalue weighted by molar-refractivity contribution is 0.0737. The molecule has 1 aromatic heterocycles. The van der Waals surface area contributed by atoms with E-state index in [-0.39, 0.29) is 11.1 Å². The van der Waals surface area contributed by atoms with E-state index in [1.807, 2.05) is 30.3 Å². The molecule has 27 heavy (non-hydrogen) atoms. The van der Waals surface area contributed by atoms with Crippen LogP contribution in [0.25, 0.3) is 10.9 Å². The first-order valence-corrected chi connectivity index (χ1v) is 8.80. The van der Waals surface area contributed by atoms with Crippen LogP contribution in [0.15, 0.2) is 53.3 Å². The summed E-state index contributed by atoms with van der Waals surface area (Å²) >= 11 is 0. The summed E-state index contributed by atoms with van der Waals surface area (Å²) in [5.74, 6) is -0.921. The average molecular weight is 366 g/mol. The summed E-state index contributed by atoms with van der Waals surface area (Å²) in [6.07, 6.45) is 0. The van der Waals surface area contributed by atoms with Crippen LogP contribution in [0.2, 0.25) is 0 Å². The van der Waals surface area contributed by atoms with Crippen molar-refractivity contribution in [2.75, 3.05) is 31.1 Å². The molecule has 1 aliphatic rings. The van der Waals surface area contributed by atoms with Crippen molar-refractivity contribution in [3.8, 4) is 0 Å². The van der Waals surface area contributed by atoms with Crippen LogP contribution in [0.3, 0.4) is 0 Å².